The minimum atomic E-state index is -4.12. The van der Waals surface area contributed by atoms with E-state index in [2.05, 4.69) is 0 Å². The van der Waals surface area contributed by atoms with Crippen LogP contribution < -0.4 is 5.69 Å². The van der Waals surface area contributed by atoms with Crippen molar-refractivity contribution in [3.63, 3.8) is 0 Å². The van der Waals surface area contributed by atoms with E-state index in [1.807, 2.05) is 6.92 Å². The second kappa shape index (κ2) is 7.69. The molecule has 1 aromatic heterocycles. The van der Waals surface area contributed by atoms with Crippen molar-refractivity contribution < 1.29 is 22.7 Å². The summed E-state index contributed by atoms with van der Waals surface area (Å²) >= 11 is 0. The van der Waals surface area contributed by atoms with Gasteiger partial charge in [-0.05, 0) is 44.0 Å². The van der Waals surface area contributed by atoms with E-state index in [4.69, 9.17) is 4.74 Å². The molecule has 1 heterocycles. The third kappa shape index (κ3) is 3.93. The summed E-state index contributed by atoms with van der Waals surface area (Å²) in [5, 5.41) is 0. The summed E-state index contributed by atoms with van der Waals surface area (Å²) in [5.74, 6) is -1.24. The maximum absolute atomic E-state index is 12.7. The molecule has 8 nitrogen and oxygen atoms in total. The van der Waals surface area contributed by atoms with E-state index in [9.17, 15) is 22.8 Å². The fourth-order valence-electron chi connectivity index (χ4n) is 2.28. The monoisotopic (exact) mass is 380 g/mol. The van der Waals surface area contributed by atoms with Crippen LogP contribution in [0.25, 0.3) is 0 Å². The third-order valence-corrected chi connectivity index (χ3v) is 5.54. The topological polar surface area (TPSA) is 104 Å². The van der Waals surface area contributed by atoms with E-state index in [0.29, 0.717) is 8.54 Å². The number of aromatic nitrogens is 2. The van der Waals surface area contributed by atoms with Crippen molar-refractivity contribution in [3.05, 3.63) is 52.2 Å². The predicted molar refractivity (Wildman–Crippen MR) is 93.7 cm³/mol. The molecule has 140 valence electrons. The average molecular weight is 380 g/mol. The van der Waals surface area contributed by atoms with Gasteiger partial charge in [0, 0.05) is 18.8 Å². The normalized spacial score (nSPS) is 11.3. The average Bonchev–Trinajstić information content (AvgIpc) is 2.97. The number of esters is 1. The van der Waals surface area contributed by atoms with E-state index < -0.39 is 27.6 Å². The molecule has 26 heavy (non-hydrogen) atoms. The molecule has 2 aromatic rings. The number of aryl methyl sites for hydroxylation is 2. The standard InChI is InChI=1S/C17H20N2O6S/c1-4-25-16(21)8-7-15(20)18-9-10-19(17(18)22)26(23,24)14-6-5-12(2)13(3)11-14/h5-6,9-11H,4,7-8H2,1-3H3. The van der Waals surface area contributed by atoms with Crippen molar-refractivity contribution >= 4 is 21.9 Å². The summed E-state index contributed by atoms with van der Waals surface area (Å²) in [6, 6.07) is 4.52. The second-order valence-corrected chi connectivity index (χ2v) is 7.51. The molecule has 0 aliphatic carbocycles. The number of benzene rings is 1. The van der Waals surface area contributed by atoms with E-state index in [0.717, 1.165) is 23.5 Å². The quantitative estimate of drug-likeness (QED) is 0.703. The number of rotatable bonds is 6. The van der Waals surface area contributed by atoms with Crippen molar-refractivity contribution in [1.29, 1.82) is 0 Å². The Kier molecular flexibility index (Phi) is 5.81. The number of imidazole rings is 1. The van der Waals surface area contributed by atoms with Crippen molar-refractivity contribution in [1.82, 2.24) is 8.54 Å². The first kappa shape index (κ1) is 19.6. The van der Waals surface area contributed by atoms with Gasteiger partial charge in [0.1, 0.15) is 0 Å². The van der Waals surface area contributed by atoms with Crippen LogP contribution in [0.1, 0.15) is 35.7 Å². The summed E-state index contributed by atoms with van der Waals surface area (Å²) in [6.45, 7) is 5.44. The van der Waals surface area contributed by atoms with Gasteiger partial charge in [0.25, 0.3) is 10.0 Å². The maximum Gasteiger partial charge on any atom is 0.349 e. The molecule has 0 spiro atoms. The Balaban J connectivity index is 2.30. The van der Waals surface area contributed by atoms with Crippen LogP contribution >= 0.6 is 0 Å². The predicted octanol–water partition coefficient (Wildman–Crippen LogP) is 1.49. The highest BCUT2D eigenvalue weighted by atomic mass is 32.2. The van der Waals surface area contributed by atoms with Crippen molar-refractivity contribution in [2.24, 2.45) is 0 Å². The fraction of sp³-hybridized carbons (Fsp3) is 0.353. The number of nitrogens with zero attached hydrogens (tertiary/aromatic N) is 2. The van der Waals surface area contributed by atoms with Crippen LogP contribution in [0.4, 0.5) is 0 Å². The second-order valence-electron chi connectivity index (χ2n) is 5.70. The van der Waals surface area contributed by atoms with Crippen LogP contribution in [0.2, 0.25) is 0 Å². The summed E-state index contributed by atoms with van der Waals surface area (Å²) in [5.41, 5.74) is 0.684. The van der Waals surface area contributed by atoms with Crippen molar-refractivity contribution in [2.75, 3.05) is 6.61 Å². The van der Waals surface area contributed by atoms with Crippen molar-refractivity contribution in [2.45, 2.75) is 38.5 Å². The molecule has 0 fully saturated rings. The highest BCUT2D eigenvalue weighted by Crippen LogP contribution is 2.16. The summed E-state index contributed by atoms with van der Waals surface area (Å²) < 4.78 is 31.2. The number of ether oxygens (including phenoxy) is 1. The lowest BCUT2D eigenvalue weighted by molar-refractivity contribution is -0.143. The summed E-state index contributed by atoms with van der Waals surface area (Å²) in [6.07, 6.45) is 1.66. The van der Waals surface area contributed by atoms with E-state index in [1.54, 1.807) is 19.9 Å². The van der Waals surface area contributed by atoms with Crippen LogP contribution in [-0.2, 0) is 19.6 Å². The first-order valence-electron chi connectivity index (χ1n) is 8.00. The minimum Gasteiger partial charge on any atom is -0.466 e. The van der Waals surface area contributed by atoms with Gasteiger partial charge in [-0.2, -0.15) is 3.97 Å². The zero-order chi connectivity index (χ0) is 19.5. The molecular formula is C17H20N2O6S. The van der Waals surface area contributed by atoms with Gasteiger partial charge in [-0.1, -0.05) is 6.07 Å². The van der Waals surface area contributed by atoms with Crippen LogP contribution in [0, 0.1) is 13.8 Å². The van der Waals surface area contributed by atoms with Crippen LogP contribution in [0.5, 0.6) is 0 Å². The maximum atomic E-state index is 12.7. The Morgan fingerprint density at radius 2 is 1.77 bits per heavy atom. The third-order valence-electron chi connectivity index (χ3n) is 3.90. The van der Waals surface area contributed by atoms with Gasteiger partial charge < -0.3 is 4.74 Å². The number of hydrogen-bond donors (Lipinski definition) is 0. The zero-order valence-electron chi connectivity index (χ0n) is 14.8. The highest BCUT2D eigenvalue weighted by molar-refractivity contribution is 7.90. The first-order valence-corrected chi connectivity index (χ1v) is 9.44. The van der Waals surface area contributed by atoms with Gasteiger partial charge in [0.15, 0.2) is 0 Å². The zero-order valence-corrected chi connectivity index (χ0v) is 15.6. The fourth-order valence-corrected chi connectivity index (χ4v) is 3.59. The van der Waals surface area contributed by atoms with Crippen LogP contribution in [0.15, 0.2) is 40.3 Å². The van der Waals surface area contributed by atoms with E-state index >= 15 is 0 Å². The minimum absolute atomic E-state index is 0.0422. The smallest absolute Gasteiger partial charge is 0.349 e. The van der Waals surface area contributed by atoms with Gasteiger partial charge in [-0.3, -0.25) is 9.59 Å². The molecule has 0 bridgehead atoms. The van der Waals surface area contributed by atoms with Gasteiger partial charge in [0.2, 0.25) is 5.91 Å². The lowest BCUT2D eigenvalue weighted by Crippen LogP contribution is -2.32. The molecule has 0 saturated heterocycles. The molecule has 0 amide bonds. The molecule has 2 rings (SSSR count). The largest absolute Gasteiger partial charge is 0.466 e. The molecule has 0 saturated carbocycles. The summed E-state index contributed by atoms with van der Waals surface area (Å²) in [4.78, 5) is 35.7. The number of carbonyl (C=O) groups is 2. The first-order chi connectivity index (χ1) is 12.2. The van der Waals surface area contributed by atoms with E-state index in [1.165, 1.54) is 12.1 Å². The molecule has 1 aromatic carbocycles. The molecule has 0 radical (unpaired) electrons. The lowest BCUT2D eigenvalue weighted by Gasteiger charge is -2.07. The Hall–Kier alpha value is -2.68. The molecule has 0 atom stereocenters. The van der Waals surface area contributed by atoms with Crippen molar-refractivity contribution in [3.8, 4) is 0 Å². The highest BCUT2D eigenvalue weighted by Gasteiger charge is 2.23. The molecule has 0 aliphatic rings. The Morgan fingerprint density at radius 3 is 2.38 bits per heavy atom. The van der Waals surface area contributed by atoms with Gasteiger partial charge in [-0.15, -0.1) is 0 Å². The number of hydrogen-bond acceptors (Lipinski definition) is 6. The van der Waals surface area contributed by atoms with Crippen LogP contribution in [0.3, 0.4) is 0 Å². The molecule has 9 heteroatoms. The number of carbonyl (C=O) groups excluding carboxylic acids is 2. The Bertz CT molecular complexity index is 1000. The SMILES string of the molecule is CCOC(=O)CCC(=O)n1ccn(S(=O)(=O)c2ccc(C)c(C)c2)c1=O. The molecule has 0 aliphatic heterocycles. The molecular weight excluding hydrogens is 360 g/mol. The molecule has 0 N–H and O–H groups in total. The Labute approximate surface area is 151 Å². The van der Waals surface area contributed by atoms with Gasteiger partial charge >= 0.3 is 11.7 Å². The van der Waals surface area contributed by atoms with Gasteiger partial charge in [0.05, 0.1) is 17.9 Å². The Morgan fingerprint density at radius 1 is 1.08 bits per heavy atom. The van der Waals surface area contributed by atoms with Crippen LogP contribution in [-0.4, -0.2) is 35.4 Å². The van der Waals surface area contributed by atoms with Gasteiger partial charge in [-0.25, -0.2) is 17.8 Å². The lowest BCUT2D eigenvalue weighted by atomic mass is 10.1. The summed E-state index contributed by atoms with van der Waals surface area (Å²) in [7, 11) is -4.12. The molecule has 0 unspecified atom stereocenters. The van der Waals surface area contributed by atoms with E-state index in [-0.39, 0.29) is 24.3 Å².